The third kappa shape index (κ3) is 2.27. The molecular formula is C10H10BrN5. The first kappa shape index (κ1) is 10.8. The number of nitrogens with two attached hydrogens (primary N) is 2. The summed E-state index contributed by atoms with van der Waals surface area (Å²) in [6.45, 7) is 1.99. The Morgan fingerprint density at radius 3 is 2.19 bits per heavy atom. The lowest BCUT2D eigenvalue weighted by atomic mass is 10.1. The standard InChI is InChI=1S/C10H10BrN5/c1-5-2-6(4-7(11)3-5)8-14-9(12)16-10(13)15-8/h2-4H,1H3,(H4,12,13,14,15,16). The second-order valence-corrected chi connectivity index (χ2v) is 4.31. The minimum atomic E-state index is 0.125. The summed E-state index contributed by atoms with van der Waals surface area (Å²) >= 11 is 3.41. The largest absolute Gasteiger partial charge is 0.368 e. The molecule has 16 heavy (non-hydrogen) atoms. The Morgan fingerprint density at radius 2 is 1.62 bits per heavy atom. The van der Waals surface area contributed by atoms with Gasteiger partial charge in [-0.25, -0.2) is 0 Å². The molecule has 0 atom stereocenters. The number of aromatic nitrogens is 3. The van der Waals surface area contributed by atoms with Crippen molar-refractivity contribution in [2.45, 2.75) is 6.92 Å². The van der Waals surface area contributed by atoms with E-state index in [0.29, 0.717) is 5.82 Å². The van der Waals surface area contributed by atoms with Gasteiger partial charge in [0.2, 0.25) is 11.9 Å². The highest BCUT2D eigenvalue weighted by Crippen LogP contribution is 2.22. The number of hydrogen-bond donors (Lipinski definition) is 2. The fourth-order valence-electron chi connectivity index (χ4n) is 1.40. The van der Waals surface area contributed by atoms with Crippen LogP contribution in [0.15, 0.2) is 22.7 Å². The van der Waals surface area contributed by atoms with E-state index in [4.69, 9.17) is 11.5 Å². The summed E-state index contributed by atoms with van der Waals surface area (Å²) in [5.74, 6) is 0.731. The zero-order valence-electron chi connectivity index (χ0n) is 8.61. The van der Waals surface area contributed by atoms with Crippen molar-refractivity contribution < 1.29 is 0 Å². The average molecular weight is 280 g/mol. The molecule has 1 heterocycles. The van der Waals surface area contributed by atoms with E-state index in [0.717, 1.165) is 15.6 Å². The zero-order chi connectivity index (χ0) is 11.7. The van der Waals surface area contributed by atoms with E-state index in [1.165, 1.54) is 0 Å². The number of nitrogen functional groups attached to an aromatic ring is 2. The number of anilines is 2. The Morgan fingerprint density at radius 1 is 1.00 bits per heavy atom. The first-order chi connectivity index (χ1) is 7.54. The summed E-state index contributed by atoms with van der Waals surface area (Å²) in [5.41, 5.74) is 13.0. The Kier molecular flexibility index (Phi) is 2.74. The molecule has 0 radical (unpaired) electrons. The van der Waals surface area contributed by atoms with Crippen molar-refractivity contribution in [3.8, 4) is 11.4 Å². The van der Waals surface area contributed by atoms with Gasteiger partial charge in [0, 0.05) is 10.0 Å². The fraction of sp³-hybridized carbons (Fsp3) is 0.100. The molecule has 2 aromatic rings. The molecule has 0 aliphatic carbocycles. The summed E-state index contributed by atoms with van der Waals surface area (Å²) in [4.78, 5) is 11.8. The Balaban J connectivity index is 2.57. The molecule has 0 spiro atoms. The first-order valence-electron chi connectivity index (χ1n) is 4.59. The zero-order valence-corrected chi connectivity index (χ0v) is 10.2. The summed E-state index contributed by atoms with van der Waals surface area (Å²) in [6, 6.07) is 5.86. The molecule has 0 saturated carbocycles. The number of aryl methyl sites for hydroxylation is 1. The van der Waals surface area contributed by atoms with Crippen LogP contribution in [0.4, 0.5) is 11.9 Å². The average Bonchev–Trinajstić information content (AvgIpc) is 2.14. The van der Waals surface area contributed by atoms with Crippen molar-refractivity contribution in [2.75, 3.05) is 11.5 Å². The van der Waals surface area contributed by atoms with E-state index < -0.39 is 0 Å². The Hall–Kier alpha value is -1.69. The highest BCUT2D eigenvalue weighted by Gasteiger charge is 2.06. The maximum atomic E-state index is 5.52. The predicted octanol–water partition coefficient (Wildman–Crippen LogP) is 1.77. The molecule has 1 aromatic carbocycles. The van der Waals surface area contributed by atoms with Crippen LogP contribution in [0.2, 0.25) is 0 Å². The van der Waals surface area contributed by atoms with Gasteiger partial charge in [0.1, 0.15) is 0 Å². The van der Waals surface area contributed by atoms with Crippen molar-refractivity contribution in [1.82, 2.24) is 15.0 Å². The van der Waals surface area contributed by atoms with E-state index in [1.54, 1.807) is 0 Å². The minimum Gasteiger partial charge on any atom is -0.368 e. The van der Waals surface area contributed by atoms with Gasteiger partial charge >= 0.3 is 0 Å². The van der Waals surface area contributed by atoms with E-state index in [-0.39, 0.29) is 11.9 Å². The van der Waals surface area contributed by atoms with Crippen LogP contribution in [0.1, 0.15) is 5.56 Å². The number of benzene rings is 1. The maximum Gasteiger partial charge on any atom is 0.225 e. The van der Waals surface area contributed by atoms with Crippen LogP contribution in [-0.4, -0.2) is 15.0 Å². The molecule has 82 valence electrons. The smallest absolute Gasteiger partial charge is 0.225 e. The van der Waals surface area contributed by atoms with E-state index in [9.17, 15) is 0 Å². The van der Waals surface area contributed by atoms with Crippen LogP contribution >= 0.6 is 15.9 Å². The molecule has 0 aliphatic heterocycles. The van der Waals surface area contributed by atoms with E-state index >= 15 is 0 Å². The van der Waals surface area contributed by atoms with Crippen LogP contribution in [0, 0.1) is 6.92 Å². The molecule has 0 saturated heterocycles. The lowest BCUT2D eigenvalue weighted by Crippen LogP contribution is -2.04. The van der Waals surface area contributed by atoms with Gasteiger partial charge in [-0.1, -0.05) is 15.9 Å². The molecular weight excluding hydrogens is 270 g/mol. The number of halogens is 1. The Labute approximate surface area is 101 Å². The number of nitrogens with zero attached hydrogens (tertiary/aromatic N) is 3. The van der Waals surface area contributed by atoms with E-state index in [2.05, 4.69) is 30.9 Å². The number of hydrogen-bond acceptors (Lipinski definition) is 5. The van der Waals surface area contributed by atoms with E-state index in [1.807, 2.05) is 25.1 Å². The molecule has 5 nitrogen and oxygen atoms in total. The molecule has 6 heteroatoms. The summed E-state index contributed by atoms with van der Waals surface area (Å²) < 4.78 is 0.958. The first-order valence-corrected chi connectivity index (χ1v) is 5.38. The SMILES string of the molecule is Cc1cc(Br)cc(-c2nc(N)nc(N)n2)c1. The third-order valence-corrected chi connectivity index (χ3v) is 2.43. The quantitative estimate of drug-likeness (QED) is 0.830. The highest BCUT2D eigenvalue weighted by atomic mass is 79.9. The number of rotatable bonds is 1. The lowest BCUT2D eigenvalue weighted by molar-refractivity contribution is 1.08. The third-order valence-electron chi connectivity index (χ3n) is 1.97. The second-order valence-electron chi connectivity index (χ2n) is 3.39. The highest BCUT2D eigenvalue weighted by molar-refractivity contribution is 9.10. The lowest BCUT2D eigenvalue weighted by Gasteiger charge is -2.04. The molecule has 4 N–H and O–H groups in total. The fourth-order valence-corrected chi connectivity index (χ4v) is 2.01. The van der Waals surface area contributed by atoms with Crippen molar-refractivity contribution in [3.63, 3.8) is 0 Å². The molecule has 0 unspecified atom stereocenters. The van der Waals surface area contributed by atoms with Gasteiger partial charge in [0.15, 0.2) is 5.82 Å². The minimum absolute atomic E-state index is 0.125. The van der Waals surface area contributed by atoms with Gasteiger partial charge in [0.05, 0.1) is 0 Å². The van der Waals surface area contributed by atoms with Crippen molar-refractivity contribution in [1.29, 1.82) is 0 Å². The summed E-state index contributed by atoms with van der Waals surface area (Å²) in [5, 5.41) is 0. The molecule has 0 fully saturated rings. The van der Waals surface area contributed by atoms with Gasteiger partial charge in [-0.2, -0.15) is 15.0 Å². The van der Waals surface area contributed by atoms with Crippen LogP contribution in [-0.2, 0) is 0 Å². The molecule has 0 bridgehead atoms. The topological polar surface area (TPSA) is 90.7 Å². The Bertz CT molecular complexity index is 451. The van der Waals surface area contributed by atoms with Crippen LogP contribution in [0.5, 0.6) is 0 Å². The van der Waals surface area contributed by atoms with Crippen LogP contribution in [0.25, 0.3) is 11.4 Å². The van der Waals surface area contributed by atoms with Gasteiger partial charge in [-0.3, -0.25) is 0 Å². The molecule has 0 amide bonds. The van der Waals surface area contributed by atoms with Crippen LogP contribution in [0.3, 0.4) is 0 Å². The van der Waals surface area contributed by atoms with Crippen molar-refractivity contribution >= 4 is 27.8 Å². The summed E-state index contributed by atoms with van der Waals surface area (Å²) in [7, 11) is 0. The van der Waals surface area contributed by atoms with Gasteiger partial charge in [0.25, 0.3) is 0 Å². The molecule has 2 rings (SSSR count). The maximum absolute atomic E-state index is 5.52. The normalized spacial score (nSPS) is 10.4. The predicted molar refractivity (Wildman–Crippen MR) is 66.5 cm³/mol. The molecule has 1 aromatic heterocycles. The second kappa shape index (κ2) is 4.05. The van der Waals surface area contributed by atoms with Crippen LogP contribution < -0.4 is 11.5 Å². The van der Waals surface area contributed by atoms with Crippen molar-refractivity contribution in [3.05, 3.63) is 28.2 Å². The van der Waals surface area contributed by atoms with Gasteiger partial charge < -0.3 is 11.5 Å². The van der Waals surface area contributed by atoms with Crippen molar-refractivity contribution in [2.24, 2.45) is 0 Å². The monoisotopic (exact) mass is 279 g/mol. The molecule has 0 aliphatic rings. The van der Waals surface area contributed by atoms with Gasteiger partial charge in [-0.05, 0) is 30.7 Å². The van der Waals surface area contributed by atoms with Gasteiger partial charge in [-0.15, -0.1) is 0 Å². The summed E-state index contributed by atoms with van der Waals surface area (Å²) in [6.07, 6.45) is 0.